The van der Waals surface area contributed by atoms with E-state index in [1.807, 2.05) is 24.5 Å². The molecule has 0 spiro atoms. The third-order valence-electron chi connectivity index (χ3n) is 4.82. The van der Waals surface area contributed by atoms with Crippen molar-refractivity contribution in [3.8, 4) is 11.4 Å². The molecule has 6 heteroatoms. The third-order valence-corrected chi connectivity index (χ3v) is 4.82. The molecule has 1 aliphatic carbocycles. The number of benzene rings is 1. The van der Waals surface area contributed by atoms with Gasteiger partial charge in [0.05, 0.1) is 11.1 Å². The molecule has 130 valence electrons. The van der Waals surface area contributed by atoms with Gasteiger partial charge in [0, 0.05) is 48.8 Å². The van der Waals surface area contributed by atoms with Gasteiger partial charge in [-0.3, -0.25) is 4.98 Å². The molecule has 2 heterocycles. The summed E-state index contributed by atoms with van der Waals surface area (Å²) in [5.74, 6) is -0.588. The van der Waals surface area contributed by atoms with E-state index >= 15 is 0 Å². The lowest BCUT2D eigenvalue weighted by Gasteiger charge is -2.23. The number of methoxy groups -OCH3 is 1. The van der Waals surface area contributed by atoms with E-state index in [2.05, 4.69) is 9.97 Å². The summed E-state index contributed by atoms with van der Waals surface area (Å²) >= 11 is 0. The Labute approximate surface area is 144 Å². The second kappa shape index (κ2) is 5.59. The maximum atomic E-state index is 14.4. The minimum absolute atomic E-state index is 0.194. The molecule has 3 aromatic rings. The summed E-state index contributed by atoms with van der Waals surface area (Å²) < 4.78 is 35.4. The fourth-order valence-electron chi connectivity index (χ4n) is 3.05. The number of hydrogen-bond donors (Lipinski definition) is 0. The molecule has 0 unspecified atom stereocenters. The Bertz CT molecular complexity index is 961. The number of ether oxygens (including phenoxy) is 1. The molecule has 0 saturated heterocycles. The molecule has 1 fully saturated rings. The monoisotopic (exact) mass is 343 g/mol. The maximum Gasteiger partial charge on any atom is 0.152 e. The van der Waals surface area contributed by atoms with Crippen LogP contribution in [-0.2, 0) is 10.3 Å². The smallest absolute Gasteiger partial charge is 0.152 e. The predicted molar refractivity (Wildman–Crippen MR) is 91.2 cm³/mol. The zero-order chi connectivity index (χ0) is 17.8. The van der Waals surface area contributed by atoms with E-state index in [1.165, 1.54) is 6.07 Å². The molecule has 4 nitrogen and oxygen atoms in total. The number of halogens is 2. The van der Waals surface area contributed by atoms with Crippen molar-refractivity contribution in [3.63, 3.8) is 0 Å². The van der Waals surface area contributed by atoms with Crippen molar-refractivity contribution < 1.29 is 13.5 Å². The van der Waals surface area contributed by atoms with Crippen molar-refractivity contribution in [3.05, 3.63) is 47.8 Å². The summed E-state index contributed by atoms with van der Waals surface area (Å²) in [4.78, 5) is 8.82. The highest BCUT2D eigenvalue weighted by molar-refractivity contribution is 5.81. The van der Waals surface area contributed by atoms with Gasteiger partial charge in [0.15, 0.2) is 5.82 Å². The third kappa shape index (κ3) is 2.70. The van der Waals surface area contributed by atoms with Crippen molar-refractivity contribution >= 4 is 11.0 Å². The number of pyridine rings is 1. The average molecular weight is 343 g/mol. The van der Waals surface area contributed by atoms with Crippen LogP contribution < -0.4 is 0 Å². The molecular weight excluding hydrogens is 324 g/mol. The number of rotatable bonds is 4. The molecule has 0 amide bonds. The van der Waals surface area contributed by atoms with E-state index in [-0.39, 0.29) is 6.04 Å². The van der Waals surface area contributed by atoms with Gasteiger partial charge in [0.1, 0.15) is 17.2 Å². The number of fused-ring (bicyclic) bond motifs is 1. The zero-order valence-electron chi connectivity index (χ0n) is 14.4. The van der Waals surface area contributed by atoms with Crippen molar-refractivity contribution in [2.24, 2.45) is 0 Å². The van der Waals surface area contributed by atoms with Crippen LogP contribution in [0.5, 0.6) is 0 Å². The van der Waals surface area contributed by atoms with E-state index in [9.17, 15) is 8.78 Å². The van der Waals surface area contributed by atoms with Gasteiger partial charge < -0.3 is 9.30 Å². The van der Waals surface area contributed by atoms with Crippen LogP contribution in [0.2, 0.25) is 0 Å². The summed E-state index contributed by atoms with van der Waals surface area (Å²) in [6.07, 6.45) is 5.37. The lowest BCUT2D eigenvalue weighted by Crippen LogP contribution is -2.19. The fourth-order valence-corrected chi connectivity index (χ4v) is 3.05. The lowest BCUT2D eigenvalue weighted by molar-refractivity contribution is 0.0190. The maximum absolute atomic E-state index is 14.4. The van der Waals surface area contributed by atoms with E-state index in [1.54, 1.807) is 19.5 Å². The van der Waals surface area contributed by atoms with Crippen molar-refractivity contribution in [2.45, 2.75) is 38.3 Å². The fraction of sp³-hybridized carbons (Fsp3) is 0.368. The Morgan fingerprint density at radius 3 is 2.60 bits per heavy atom. The summed E-state index contributed by atoms with van der Waals surface area (Å²) in [7, 11) is 1.64. The molecule has 0 atom stereocenters. The van der Waals surface area contributed by atoms with Gasteiger partial charge in [-0.25, -0.2) is 13.8 Å². The highest BCUT2D eigenvalue weighted by Crippen LogP contribution is 2.42. The van der Waals surface area contributed by atoms with Crippen LogP contribution in [0.3, 0.4) is 0 Å². The van der Waals surface area contributed by atoms with Gasteiger partial charge in [-0.2, -0.15) is 0 Å². The average Bonchev–Trinajstić information content (AvgIpc) is 3.35. The molecular formula is C19H19F2N3O. The Hall–Kier alpha value is -2.34. The van der Waals surface area contributed by atoms with Crippen LogP contribution >= 0.6 is 0 Å². The van der Waals surface area contributed by atoms with Gasteiger partial charge in [-0.15, -0.1) is 0 Å². The van der Waals surface area contributed by atoms with Gasteiger partial charge >= 0.3 is 0 Å². The largest absolute Gasteiger partial charge is 0.374 e. The Morgan fingerprint density at radius 1 is 1.16 bits per heavy atom. The number of aromatic nitrogens is 3. The normalized spacial score (nSPS) is 15.1. The molecule has 0 bridgehead atoms. The number of hydrogen-bond acceptors (Lipinski definition) is 3. The molecule has 0 N–H and O–H groups in total. The Balaban J connectivity index is 1.94. The summed E-state index contributed by atoms with van der Waals surface area (Å²) in [5, 5.41) is 0. The topological polar surface area (TPSA) is 39.9 Å². The highest BCUT2D eigenvalue weighted by Gasteiger charge is 2.31. The second-order valence-corrected chi connectivity index (χ2v) is 6.97. The number of imidazole rings is 1. The van der Waals surface area contributed by atoms with Crippen LogP contribution in [0.1, 0.15) is 38.3 Å². The SMILES string of the molecule is COC(C)(C)c1cncc(-c2nc3cc(F)cc(F)c3n2C2CC2)c1. The van der Waals surface area contributed by atoms with Crippen LogP contribution in [0.25, 0.3) is 22.4 Å². The molecule has 25 heavy (non-hydrogen) atoms. The molecule has 1 saturated carbocycles. The van der Waals surface area contributed by atoms with Crippen molar-refractivity contribution in [2.75, 3.05) is 7.11 Å². The zero-order valence-corrected chi connectivity index (χ0v) is 14.4. The van der Waals surface area contributed by atoms with Gasteiger partial charge in [-0.1, -0.05) is 0 Å². The van der Waals surface area contributed by atoms with Crippen LogP contribution in [-0.4, -0.2) is 21.6 Å². The van der Waals surface area contributed by atoms with E-state index in [0.29, 0.717) is 16.9 Å². The minimum atomic E-state index is -0.621. The van der Waals surface area contributed by atoms with E-state index in [4.69, 9.17) is 4.74 Å². The van der Waals surface area contributed by atoms with Crippen LogP contribution in [0.4, 0.5) is 8.78 Å². The molecule has 1 aromatic carbocycles. The van der Waals surface area contributed by atoms with Crippen LogP contribution in [0, 0.1) is 11.6 Å². The molecule has 0 radical (unpaired) electrons. The molecule has 0 aliphatic heterocycles. The second-order valence-electron chi connectivity index (χ2n) is 6.97. The quantitative estimate of drug-likeness (QED) is 0.695. The minimum Gasteiger partial charge on any atom is -0.374 e. The first-order valence-corrected chi connectivity index (χ1v) is 8.29. The van der Waals surface area contributed by atoms with E-state index < -0.39 is 17.2 Å². The lowest BCUT2D eigenvalue weighted by atomic mass is 9.98. The summed E-state index contributed by atoms with van der Waals surface area (Å²) in [5.41, 5.74) is 1.85. The molecule has 1 aliphatic rings. The summed E-state index contributed by atoms with van der Waals surface area (Å²) in [6.45, 7) is 3.90. The first-order chi connectivity index (χ1) is 11.9. The number of nitrogens with zero attached hydrogens (tertiary/aromatic N) is 3. The van der Waals surface area contributed by atoms with Crippen molar-refractivity contribution in [1.29, 1.82) is 0 Å². The van der Waals surface area contributed by atoms with Gasteiger partial charge in [-0.05, 0) is 32.8 Å². The first kappa shape index (κ1) is 16.1. The van der Waals surface area contributed by atoms with Crippen LogP contribution in [0.15, 0.2) is 30.6 Å². The van der Waals surface area contributed by atoms with Gasteiger partial charge in [0.2, 0.25) is 0 Å². The van der Waals surface area contributed by atoms with Crippen molar-refractivity contribution in [1.82, 2.24) is 14.5 Å². The van der Waals surface area contributed by atoms with Gasteiger partial charge in [0.25, 0.3) is 0 Å². The molecule has 4 rings (SSSR count). The summed E-state index contributed by atoms with van der Waals surface area (Å²) in [6, 6.07) is 4.33. The predicted octanol–water partition coefficient (Wildman–Crippen LogP) is 4.59. The Morgan fingerprint density at radius 2 is 1.92 bits per heavy atom. The highest BCUT2D eigenvalue weighted by atomic mass is 19.1. The first-order valence-electron chi connectivity index (χ1n) is 8.29. The standard InChI is InChI=1S/C19H19F2N3O/c1-19(2,25-3)12-6-11(9-22-10-12)18-23-16-8-13(20)7-15(21)17(16)24(18)14-4-5-14/h6-10,14H,4-5H2,1-3H3. The molecule has 2 aromatic heterocycles. The Kier molecular flexibility index (Phi) is 3.61. The van der Waals surface area contributed by atoms with E-state index in [0.717, 1.165) is 30.0 Å².